The van der Waals surface area contributed by atoms with Crippen LogP contribution in [0.15, 0.2) is 12.4 Å². The minimum Gasteiger partial charge on any atom is -0.311 e. The van der Waals surface area contributed by atoms with Gasteiger partial charge in [-0.05, 0) is 19.9 Å². The number of aromatic nitrogens is 2. The highest BCUT2D eigenvalue weighted by Crippen LogP contribution is 1.93. The molecule has 0 amide bonds. The normalized spacial score (nSPS) is 9.71. The minimum absolute atomic E-state index is 0.604. The fraction of sp³-hybridized carbons (Fsp3) is 0.500. The first-order chi connectivity index (χ1) is 6.83. The number of nitrogens with zero attached hydrogens (tertiary/aromatic N) is 3. The van der Waals surface area contributed by atoms with E-state index in [0.717, 1.165) is 30.9 Å². The summed E-state index contributed by atoms with van der Waals surface area (Å²) in [4.78, 5) is 8.35. The van der Waals surface area contributed by atoms with Crippen molar-refractivity contribution in [3.05, 3.63) is 23.8 Å². The van der Waals surface area contributed by atoms with Gasteiger partial charge < -0.3 is 5.32 Å². The first-order valence-corrected chi connectivity index (χ1v) is 4.68. The summed E-state index contributed by atoms with van der Waals surface area (Å²) in [5, 5.41) is 11.5. The molecule has 0 aromatic carbocycles. The van der Waals surface area contributed by atoms with Gasteiger partial charge >= 0.3 is 0 Å². The largest absolute Gasteiger partial charge is 0.311 e. The van der Waals surface area contributed by atoms with Crippen molar-refractivity contribution >= 4 is 0 Å². The number of hydrogen-bond donors (Lipinski definition) is 1. The van der Waals surface area contributed by atoms with Crippen LogP contribution in [0.3, 0.4) is 0 Å². The summed E-state index contributed by atoms with van der Waals surface area (Å²) in [6.07, 6.45) is 5.02. The minimum atomic E-state index is 0.604. The number of hydrogen-bond acceptors (Lipinski definition) is 4. The van der Waals surface area contributed by atoms with Gasteiger partial charge in [0.2, 0.25) is 0 Å². The van der Waals surface area contributed by atoms with Crippen molar-refractivity contribution in [2.75, 3.05) is 6.54 Å². The van der Waals surface area contributed by atoms with Crippen LogP contribution >= 0.6 is 0 Å². The Labute approximate surface area is 84.0 Å². The molecule has 0 aliphatic heterocycles. The lowest BCUT2D eigenvalue weighted by molar-refractivity contribution is 0.645. The maximum atomic E-state index is 8.31. The molecule has 0 fully saturated rings. The third kappa shape index (κ3) is 3.97. The fourth-order valence-electron chi connectivity index (χ4n) is 1.02. The van der Waals surface area contributed by atoms with Crippen molar-refractivity contribution in [3.8, 4) is 6.07 Å². The van der Waals surface area contributed by atoms with Crippen LogP contribution < -0.4 is 5.32 Å². The molecule has 0 aliphatic rings. The lowest BCUT2D eigenvalue weighted by Gasteiger charge is -2.02. The van der Waals surface area contributed by atoms with Crippen LogP contribution in [-0.2, 0) is 6.54 Å². The van der Waals surface area contributed by atoms with Gasteiger partial charge in [-0.25, -0.2) is 0 Å². The molecular formula is C10H14N4. The molecule has 0 saturated carbocycles. The molecule has 0 aliphatic carbocycles. The lowest BCUT2D eigenvalue weighted by atomic mass is 10.3. The highest BCUT2D eigenvalue weighted by molar-refractivity contribution is 5.00. The molecule has 0 bridgehead atoms. The molecular weight excluding hydrogens is 176 g/mol. The molecule has 14 heavy (non-hydrogen) atoms. The van der Waals surface area contributed by atoms with Gasteiger partial charge in [0.05, 0.1) is 17.5 Å². The van der Waals surface area contributed by atoms with E-state index in [1.807, 2.05) is 6.92 Å². The highest BCUT2D eigenvalue weighted by atomic mass is 14.9. The average molecular weight is 190 g/mol. The maximum Gasteiger partial charge on any atom is 0.0724 e. The first-order valence-electron chi connectivity index (χ1n) is 4.68. The zero-order chi connectivity index (χ0) is 10.2. The zero-order valence-electron chi connectivity index (χ0n) is 8.32. The summed E-state index contributed by atoms with van der Waals surface area (Å²) in [6, 6.07) is 2.11. The summed E-state index contributed by atoms with van der Waals surface area (Å²) in [5.41, 5.74) is 1.87. The smallest absolute Gasteiger partial charge is 0.0724 e. The van der Waals surface area contributed by atoms with Crippen molar-refractivity contribution in [2.45, 2.75) is 26.3 Å². The van der Waals surface area contributed by atoms with E-state index in [9.17, 15) is 0 Å². The van der Waals surface area contributed by atoms with Crippen LogP contribution in [0.2, 0.25) is 0 Å². The Morgan fingerprint density at radius 2 is 2.29 bits per heavy atom. The SMILES string of the molecule is Cc1cnc(CNCCCC#N)cn1. The Morgan fingerprint density at radius 3 is 2.93 bits per heavy atom. The van der Waals surface area contributed by atoms with Gasteiger partial charge in [-0.1, -0.05) is 0 Å². The van der Waals surface area contributed by atoms with Crippen LogP contribution in [0.5, 0.6) is 0 Å². The molecule has 1 heterocycles. The summed E-state index contributed by atoms with van der Waals surface area (Å²) < 4.78 is 0. The summed E-state index contributed by atoms with van der Waals surface area (Å²) in [5.74, 6) is 0. The Morgan fingerprint density at radius 1 is 1.43 bits per heavy atom. The van der Waals surface area contributed by atoms with Crippen LogP contribution in [0.25, 0.3) is 0 Å². The molecule has 1 aromatic rings. The van der Waals surface area contributed by atoms with Gasteiger partial charge in [0.25, 0.3) is 0 Å². The predicted octanol–water partition coefficient (Wildman–Crippen LogP) is 1.18. The molecule has 0 saturated heterocycles. The third-order valence-electron chi connectivity index (χ3n) is 1.78. The van der Waals surface area contributed by atoms with Crippen molar-refractivity contribution < 1.29 is 0 Å². The quantitative estimate of drug-likeness (QED) is 0.708. The van der Waals surface area contributed by atoms with Crippen molar-refractivity contribution in [1.29, 1.82) is 5.26 Å². The van der Waals surface area contributed by atoms with E-state index in [-0.39, 0.29) is 0 Å². The summed E-state index contributed by atoms with van der Waals surface area (Å²) in [6.45, 7) is 3.49. The average Bonchev–Trinajstić information content (AvgIpc) is 2.21. The molecule has 4 nitrogen and oxygen atoms in total. The van der Waals surface area contributed by atoms with Crippen LogP contribution in [0.1, 0.15) is 24.2 Å². The lowest BCUT2D eigenvalue weighted by Crippen LogP contribution is -2.15. The van der Waals surface area contributed by atoms with E-state index >= 15 is 0 Å². The Bertz CT molecular complexity index is 299. The van der Waals surface area contributed by atoms with Gasteiger partial charge in [-0.3, -0.25) is 9.97 Å². The number of unbranched alkanes of at least 4 members (excludes halogenated alkanes) is 1. The third-order valence-corrected chi connectivity index (χ3v) is 1.78. The monoisotopic (exact) mass is 190 g/mol. The molecule has 0 unspecified atom stereocenters. The van der Waals surface area contributed by atoms with E-state index in [2.05, 4.69) is 21.4 Å². The van der Waals surface area contributed by atoms with Crippen LogP contribution in [-0.4, -0.2) is 16.5 Å². The van der Waals surface area contributed by atoms with Gasteiger partial charge in [0.1, 0.15) is 0 Å². The summed E-state index contributed by atoms with van der Waals surface area (Å²) >= 11 is 0. The molecule has 1 N–H and O–H groups in total. The number of nitrogens with one attached hydrogen (secondary N) is 1. The molecule has 4 heteroatoms. The molecule has 0 spiro atoms. The van der Waals surface area contributed by atoms with E-state index in [0.29, 0.717) is 6.42 Å². The zero-order valence-corrected chi connectivity index (χ0v) is 8.32. The van der Waals surface area contributed by atoms with E-state index in [4.69, 9.17) is 5.26 Å². The van der Waals surface area contributed by atoms with Crippen molar-refractivity contribution in [1.82, 2.24) is 15.3 Å². The number of aryl methyl sites for hydroxylation is 1. The Hall–Kier alpha value is -1.47. The predicted molar refractivity (Wildman–Crippen MR) is 53.3 cm³/mol. The van der Waals surface area contributed by atoms with Gasteiger partial charge in [0.15, 0.2) is 0 Å². The second-order valence-corrected chi connectivity index (χ2v) is 3.09. The second-order valence-electron chi connectivity index (χ2n) is 3.09. The molecule has 0 radical (unpaired) electrons. The van der Waals surface area contributed by atoms with Gasteiger partial charge in [-0.15, -0.1) is 0 Å². The summed E-state index contributed by atoms with van der Waals surface area (Å²) in [7, 11) is 0. The highest BCUT2D eigenvalue weighted by Gasteiger charge is 1.93. The van der Waals surface area contributed by atoms with E-state index in [1.165, 1.54) is 0 Å². The molecule has 1 rings (SSSR count). The standard InChI is InChI=1S/C10H14N4/c1-9-6-14-10(8-13-9)7-12-5-3-2-4-11/h6,8,12H,2-3,5,7H2,1H3. The fourth-order valence-corrected chi connectivity index (χ4v) is 1.02. The van der Waals surface area contributed by atoms with E-state index in [1.54, 1.807) is 12.4 Å². The number of rotatable bonds is 5. The molecule has 74 valence electrons. The first kappa shape index (κ1) is 10.6. The van der Waals surface area contributed by atoms with Crippen molar-refractivity contribution in [3.63, 3.8) is 0 Å². The number of nitriles is 1. The van der Waals surface area contributed by atoms with Gasteiger partial charge in [0, 0.05) is 25.4 Å². The second kappa shape index (κ2) is 6.06. The van der Waals surface area contributed by atoms with E-state index < -0.39 is 0 Å². The Balaban J connectivity index is 2.19. The van der Waals surface area contributed by atoms with Crippen LogP contribution in [0.4, 0.5) is 0 Å². The van der Waals surface area contributed by atoms with Gasteiger partial charge in [-0.2, -0.15) is 5.26 Å². The van der Waals surface area contributed by atoms with Crippen molar-refractivity contribution in [2.24, 2.45) is 0 Å². The Kier molecular flexibility index (Phi) is 4.59. The molecule has 1 aromatic heterocycles. The maximum absolute atomic E-state index is 8.31. The molecule has 0 atom stereocenters. The topological polar surface area (TPSA) is 61.6 Å². The van der Waals surface area contributed by atoms with Crippen LogP contribution in [0, 0.1) is 18.3 Å².